The Kier molecular flexibility index (Phi) is 4.00. The first kappa shape index (κ1) is 14.5. The number of nitrogens with zero attached hydrogens (tertiary/aromatic N) is 1. The monoisotopic (exact) mass is 302 g/mol. The molecule has 0 spiro atoms. The molecule has 1 aliphatic rings. The molecular formula is C17H22N2OS. The Labute approximate surface area is 130 Å². The van der Waals surface area contributed by atoms with Gasteiger partial charge in [0.2, 0.25) is 0 Å². The Morgan fingerprint density at radius 3 is 2.90 bits per heavy atom. The van der Waals surface area contributed by atoms with Gasteiger partial charge in [-0.1, -0.05) is 17.7 Å². The molecule has 0 aliphatic carbocycles. The lowest BCUT2D eigenvalue weighted by atomic mass is 10.1. The summed E-state index contributed by atoms with van der Waals surface area (Å²) in [4.78, 5) is 5.83. The van der Waals surface area contributed by atoms with Gasteiger partial charge >= 0.3 is 0 Å². The number of thiazole rings is 1. The van der Waals surface area contributed by atoms with E-state index in [1.165, 1.54) is 16.0 Å². The molecule has 1 aromatic carbocycles. The van der Waals surface area contributed by atoms with Crippen molar-refractivity contribution in [3.05, 3.63) is 44.9 Å². The van der Waals surface area contributed by atoms with Crippen LogP contribution in [0, 0.1) is 20.8 Å². The largest absolute Gasteiger partial charge is 0.488 e. The van der Waals surface area contributed by atoms with Crippen molar-refractivity contribution >= 4 is 11.3 Å². The predicted octanol–water partition coefficient (Wildman–Crippen LogP) is 3.72. The Hall–Kier alpha value is -1.39. The van der Waals surface area contributed by atoms with E-state index in [2.05, 4.69) is 56.2 Å². The van der Waals surface area contributed by atoms with Gasteiger partial charge in [-0.25, -0.2) is 4.98 Å². The van der Waals surface area contributed by atoms with Crippen molar-refractivity contribution in [2.45, 2.75) is 46.3 Å². The standard InChI is InChI=1S/C17H22N2OS/c1-10-5-6-16-14(7-10)8-15(20-16)9-18-11(2)17-12(3)19-13(4)21-17/h5-7,11,15,18H,8-9H2,1-4H3. The van der Waals surface area contributed by atoms with Gasteiger partial charge in [0.05, 0.1) is 10.7 Å². The average molecular weight is 302 g/mol. The predicted molar refractivity (Wildman–Crippen MR) is 87.3 cm³/mol. The molecule has 2 heterocycles. The molecule has 0 bridgehead atoms. The third kappa shape index (κ3) is 3.11. The van der Waals surface area contributed by atoms with Gasteiger partial charge in [-0.15, -0.1) is 11.3 Å². The van der Waals surface area contributed by atoms with Crippen LogP contribution in [0.3, 0.4) is 0 Å². The van der Waals surface area contributed by atoms with Crippen molar-refractivity contribution in [1.29, 1.82) is 0 Å². The van der Waals surface area contributed by atoms with Crippen LogP contribution in [0.5, 0.6) is 5.75 Å². The molecule has 3 rings (SSSR count). The highest BCUT2D eigenvalue weighted by molar-refractivity contribution is 7.11. The van der Waals surface area contributed by atoms with Gasteiger partial charge in [0.25, 0.3) is 0 Å². The second-order valence-electron chi connectivity index (χ2n) is 5.87. The van der Waals surface area contributed by atoms with Crippen LogP contribution >= 0.6 is 11.3 Å². The minimum Gasteiger partial charge on any atom is -0.488 e. The molecule has 112 valence electrons. The normalized spacial score (nSPS) is 18.4. The number of aryl methyl sites for hydroxylation is 3. The van der Waals surface area contributed by atoms with Gasteiger partial charge in [-0.2, -0.15) is 0 Å². The fourth-order valence-electron chi connectivity index (χ4n) is 2.91. The Balaban J connectivity index is 1.58. The molecule has 2 atom stereocenters. The summed E-state index contributed by atoms with van der Waals surface area (Å²) in [5.74, 6) is 1.05. The summed E-state index contributed by atoms with van der Waals surface area (Å²) in [5, 5.41) is 4.73. The molecular weight excluding hydrogens is 280 g/mol. The van der Waals surface area contributed by atoms with Crippen LogP contribution < -0.4 is 10.1 Å². The Morgan fingerprint density at radius 1 is 1.38 bits per heavy atom. The maximum absolute atomic E-state index is 6.01. The van der Waals surface area contributed by atoms with Crippen molar-refractivity contribution in [3.8, 4) is 5.75 Å². The van der Waals surface area contributed by atoms with Gasteiger partial charge < -0.3 is 10.1 Å². The maximum atomic E-state index is 6.01. The number of rotatable bonds is 4. The van der Waals surface area contributed by atoms with Crippen LogP contribution in [0.2, 0.25) is 0 Å². The second kappa shape index (κ2) is 5.78. The number of fused-ring (bicyclic) bond motifs is 1. The minimum atomic E-state index is 0.235. The van der Waals surface area contributed by atoms with Crippen LogP contribution in [0.1, 0.15) is 39.7 Å². The summed E-state index contributed by atoms with van der Waals surface area (Å²) in [7, 11) is 0. The average Bonchev–Trinajstić information content (AvgIpc) is 2.98. The number of ether oxygens (including phenoxy) is 1. The lowest BCUT2D eigenvalue weighted by Gasteiger charge is -2.16. The topological polar surface area (TPSA) is 34.2 Å². The zero-order chi connectivity index (χ0) is 15.0. The zero-order valence-corrected chi connectivity index (χ0v) is 13.9. The molecule has 21 heavy (non-hydrogen) atoms. The highest BCUT2D eigenvalue weighted by Gasteiger charge is 2.23. The summed E-state index contributed by atoms with van der Waals surface area (Å²) < 4.78 is 6.01. The van der Waals surface area contributed by atoms with Crippen LogP contribution in [-0.2, 0) is 6.42 Å². The first-order valence-electron chi connectivity index (χ1n) is 7.46. The zero-order valence-electron chi connectivity index (χ0n) is 13.1. The molecule has 4 heteroatoms. The van der Waals surface area contributed by atoms with Crippen molar-refractivity contribution in [2.75, 3.05) is 6.54 Å². The number of benzene rings is 1. The lowest BCUT2D eigenvalue weighted by molar-refractivity contribution is 0.223. The fraction of sp³-hybridized carbons (Fsp3) is 0.471. The van der Waals surface area contributed by atoms with E-state index < -0.39 is 0 Å². The maximum Gasteiger partial charge on any atom is 0.123 e. The van der Waals surface area contributed by atoms with E-state index in [0.29, 0.717) is 6.04 Å². The van der Waals surface area contributed by atoms with Crippen LogP contribution in [0.15, 0.2) is 18.2 Å². The van der Waals surface area contributed by atoms with E-state index in [9.17, 15) is 0 Å². The molecule has 1 N–H and O–H groups in total. The van der Waals surface area contributed by atoms with E-state index in [-0.39, 0.29) is 6.10 Å². The Bertz CT molecular complexity index is 650. The molecule has 0 saturated carbocycles. The molecule has 0 fully saturated rings. The molecule has 3 nitrogen and oxygen atoms in total. The van der Waals surface area contributed by atoms with Gasteiger partial charge in [-0.3, -0.25) is 0 Å². The van der Waals surface area contributed by atoms with Crippen molar-refractivity contribution in [2.24, 2.45) is 0 Å². The first-order valence-corrected chi connectivity index (χ1v) is 8.28. The third-order valence-corrected chi connectivity index (χ3v) is 5.20. The number of nitrogens with one attached hydrogen (secondary N) is 1. The quantitative estimate of drug-likeness (QED) is 0.934. The highest BCUT2D eigenvalue weighted by Crippen LogP contribution is 2.30. The molecule has 2 unspecified atom stereocenters. The number of hydrogen-bond donors (Lipinski definition) is 1. The molecule has 2 aromatic rings. The Morgan fingerprint density at radius 2 is 2.19 bits per heavy atom. The van der Waals surface area contributed by atoms with E-state index in [1.54, 1.807) is 11.3 Å². The van der Waals surface area contributed by atoms with Crippen molar-refractivity contribution < 1.29 is 4.74 Å². The molecule has 0 radical (unpaired) electrons. The van der Waals surface area contributed by atoms with Gasteiger partial charge in [0.1, 0.15) is 11.9 Å². The summed E-state index contributed by atoms with van der Waals surface area (Å²) in [6, 6.07) is 6.76. The summed E-state index contributed by atoms with van der Waals surface area (Å²) in [6.07, 6.45) is 1.23. The summed E-state index contributed by atoms with van der Waals surface area (Å²) in [5.41, 5.74) is 3.78. The van der Waals surface area contributed by atoms with E-state index in [1.807, 2.05) is 0 Å². The third-order valence-electron chi connectivity index (χ3n) is 3.94. The smallest absolute Gasteiger partial charge is 0.123 e. The van der Waals surface area contributed by atoms with Gasteiger partial charge in [-0.05, 0) is 39.3 Å². The second-order valence-corrected chi connectivity index (χ2v) is 7.10. The number of aromatic nitrogens is 1. The fourth-order valence-corrected chi connectivity index (χ4v) is 3.87. The van der Waals surface area contributed by atoms with Gasteiger partial charge in [0.15, 0.2) is 0 Å². The van der Waals surface area contributed by atoms with Crippen molar-refractivity contribution in [3.63, 3.8) is 0 Å². The lowest BCUT2D eigenvalue weighted by Crippen LogP contribution is -2.31. The molecule has 0 saturated heterocycles. The SMILES string of the molecule is Cc1ccc2c(c1)CC(CNC(C)c1sc(C)nc1C)O2. The van der Waals surface area contributed by atoms with Crippen LogP contribution in [0.25, 0.3) is 0 Å². The first-order chi connectivity index (χ1) is 10.0. The molecule has 1 aromatic heterocycles. The number of hydrogen-bond acceptors (Lipinski definition) is 4. The highest BCUT2D eigenvalue weighted by atomic mass is 32.1. The molecule has 1 aliphatic heterocycles. The molecule has 0 amide bonds. The van der Waals surface area contributed by atoms with Crippen molar-refractivity contribution in [1.82, 2.24) is 10.3 Å². The van der Waals surface area contributed by atoms with E-state index >= 15 is 0 Å². The van der Waals surface area contributed by atoms with Gasteiger partial charge in [0, 0.05) is 23.9 Å². The summed E-state index contributed by atoms with van der Waals surface area (Å²) >= 11 is 1.78. The van der Waals surface area contributed by atoms with E-state index in [4.69, 9.17) is 4.74 Å². The van der Waals surface area contributed by atoms with Crippen LogP contribution in [-0.4, -0.2) is 17.6 Å². The summed E-state index contributed by atoms with van der Waals surface area (Å²) in [6.45, 7) is 9.34. The van der Waals surface area contributed by atoms with E-state index in [0.717, 1.165) is 29.4 Å². The minimum absolute atomic E-state index is 0.235. The van der Waals surface area contributed by atoms with Crippen LogP contribution in [0.4, 0.5) is 0 Å².